The maximum absolute atomic E-state index is 11.9. The predicted octanol–water partition coefficient (Wildman–Crippen LogP) is 1.91. The summed E-state index contributed by atoms with van der Waals surface area (Å²) in [7, 11) is 0. The van der Waals surface area contributed by atoms with Crippen molar-refractivity contribution in [2.75, 3.05) is 0 Å². The monoisotopic (exact) mass is 238 g/mol. The molecule has 17 heavy (non-hydrogen) atoms. The summed E-state index contributed by atoms with van der Waals surface area (Å²) in [6, 6.07) is -0.0707. The van der Waals surface area contributed by atoms with E-state index in [1.807, 2.05) is 13.8 Å². The molecular weight excluding hydrogens is 212 g/mol. The van der Waals surface area contributed by atoms with E-state index in [9.17, 15) is 4.79 Å². The summed E-state index contributed by atoms with van der Waals surface area (Å²) in [6.45, 7) is 6.13. The molecule has 0 saturated heterocycles. The van der Waals surface area contributed by atoms with Crippen LogP contribution in [0.3, 0.4) is 0 Å². The Morgan fingerprint density at radius 1 is 1.24 bits per heavy atom. The number of rotatable bonds is 4. The lowest BCUT2D eigenvalue weighted by Gasteiger charge is -2.29. The van der Waals surface area contributed by atoms with Crippen molar-refractivity contribution in [1.29, 1.82) is 0 Å². The van der Waals surface area contributed by atoms with Crippen molar-refractivity contribution in [2.24, 2.45) is 29.4 Å². The molecule has 2 saturated carbocycles. The second-order valence-corrected chi connectivity index (χ2v) is 6.41. The van der Waals surface area contributed by atoms with E-state index in [1.54, 1.807) is 0 Å². The van der Waals surface area contributed by atoms with Crippen molar-refractivity contribution in [3.63, 3.8) is 0 Å². The highest BCUT2D eigenvalue weighted by Gasteiger charge is 2.42. The van der Waals surface area contributed by atoms with Gasteiger partial charge >= 0.3 is 0 Å². The highest BCUT2D eigenvalue weighted by atomic mass is 16.2. The van der Waals surface area contributed by atoms with Crippen LogP contribution in [-0.4, -0.2) is 18.0 Å². The molecule has 0 heterocycles. The third-order valence-electron chi connectivity index (χ3n) is 4.83. The Morgan fingerprint density at radius 3 is 2.41 bits per heavy atom. The lowest BCUT2D eigenvalue weighted by Crippen LogP contribution is -2.49. The minimum Gasteiger partial charge on any atom is -0.352 e. The Hall–Kier alpha value is -0.570. The fourth-order valence-corrected chi connectivity index (χ4v) is 3.64. The molecule has 0 spiro atoms. The van der Waals surface area contributed by atoms with E-state index in [-0.39, 0.29) is 17.9 Å². The normalized spacial score (nSPS) is 35.0. The molecule has 0 aromatic carbocycles. The van der Waals surface area contributed by atoms with Gasteiger partial charge in [0, 0.05) is 6.04 Å². The molecule has 1 amide bonds. The van der Waals surface area contributed by atoms with Crippen LogP contribution in [0.15, 0.2) is 0 Å². The first-order chi connectivity index (χ1) is 7.99. The van der Waals surface area contributed by atoms with Crippen LogP contribution in [-0.2, 0) is 4.79 Å². The molecule has 5 atom stereocenters. The summed E-state index contributed by atoms with van der Waals surface area (Å²) in [4.78, 5) is 11.9. The lowest BCUT2D eigenvalue weighted by atomic mass is 9.84. The van der Waals surface area contributed by atoms with Crippen LogP contribution in [0.2, 0.25) is 0 Å². The van der Waals surface area contributed by atoms with Crippen molar-refractivity contribution in [3.8, 4) is 0 Å². The van der Waals surface area contributed by atoms with Crippen LogP contribution in [0.4, 0.5) is 0 Å². The highest BCUT2D eigenvalue weighted by Crippen LogP contribution is 2.49. The molecule has 2 rings (SSSR count). The third-order valence-corrected chi connectivity index (χ3v) is 4.83. The summed E-state index contributed by atoms with van der Waals surface area (Å²) in [5.41, 5.74) is 5.87. The summed E-state index contributed by atoms with van der Waals surface area (Å²) in [6.07, 6.45) is 5.48. The zero-order valence-electron chi connectivity index (χ0n) is 11.3. The van der Waals surface area contributed by atoms with E-state index < -0.39 is 0 Å². The Kier molecular flexibility index (Phi) is 3.76. The number of amides is 1. The number of hydrogen-bond donors (Lipinski definition) is 2. The predicted molar refractivity (Wildman–Crippen MR) is 69.4 cm³/mol. The van der Waals surface area contributed by atoms with Crippen LogP contribution in [0.5, 0.6) is 0 Å². The van der Waals surface area contributed by atoms with Crippen LogP contribution >= 0.6 is 0 Å². The summed E-state index contributed by atoms with van der Waals surface area (Å²) in [5.74, 6) is 2.71. The average Bonchev–Trinajstić information content (AvgIpc) is 2.89. The number of nitrogens with one attached hydrogen (secondary N) is 1. The SMILES string of the molecule is CC(NC(=O)[C@@H](N)C(C)C)C1CC2CCC1C2. The standard InChI is InChI=1S/C14H26N2O/c1-8(2)13(15)14(17)16-9(3)12-7-10-4-5-11(12)6-10/h8-13H,4-7,15H2,1-3H3,(H,16,17)/t9?,10?,11?,12?,13-/m0/s1. The van der Waals surface area contributed by atoms with Gasteiger partial charge in [-0.15, -0.1) is 0 Å². The zero-order valence-corrected chi connectivity index (χ0v) is 11.3. The topological polar surface area (TPSA) is 55.1 Å². The number of nitrogens with two attached hydrogens (primary N) is 1. The highest BCUT2D eigenvalue weighted by molar-refractivity contribution is 5.82. The van der Waals surface area contributed by atoms with E-state index in [4.69, 9.17) is 5.73 Å². The van der Waals surface area contributed by atoms with Crippen LogP contribution in [0.25, 0.3) is 0 Å². The van der Waals surface area contributed by atoms with E-state index in [0.29, 0.717) is 12.0 Å². The van der Waals surface area contributed by atoms with E-state index in [1.165, 1.54) is 25.7 Å². The summed E-state index contributed by atoms with van der Waals surface area (Å²) >= 11 is 0. The Bertz CT molecular complexity index is 290. The van der Waals surface area contributed by atoms with Gasteiger partial charge in [-0.3, -0.25) is 4.79 Å². The van der Waals surface area contributed by atoms with Gasteiger partial charge in [-0.25, -0.2) is 0 Å². The van der Waals surface area contributed by atoms with E-state index in [0.717, 1.165) is 11.8 Å². The van der Waals surface area contributed by atoms with Gasteiger partial charge in [0.2, 0.25) is 5.91 Å². The molecule has 0 aromatic rings. The quantitative estimate of drug-likeness (QED) is 0.786. The van der Waals surface area contributed by atoms with Crippen molar-refractivity contribution in [2.45, 2.75) is 58.5 Å². The molecule has 4 unspecified atom stereocenters. The fraction of sp³-hybridized carbons (Fsp3) is 0.929. The van der Waals surface area contributed by atoms with Gasteiger partial charge in [0.15, 0.2) is 0 Å². The second-order valence-electron chi connectivity index (χ2n) is 6.41. The Labute approximate surface area is 105 Å². The average molecular weight is 238 g/mol. The van der Waals surface area contributed by atoms with Crippen LogP contribution < -0.4 is 11.1 Å². The number of fused-ring (bicyclic) bond motifs is 2. The minimum atomic E-state index is -0.365. The van der Waals surface area contributed by atoms with Crippen molar-refractivity contribution < 1.29 is 4.79 Å². The van der Waals surface area contributed by atoms with Gasteiger partial charge in [-0.1, -0.05) is 20.3 Å². The maximum atomic E-state index is 11.9. The smallest absolute Gasteiger partial charge is 0.237 e. The summed E-state index contributed by atoms with van der Waals surface area (Å²) in [5, 5.41) is 3.12. The molecule has 0 aliphatic heterocycles. The molecule has 0 radical (unpaired) electrons. The van der Waals surface area contributed by atoms with Gasteiger partial charge in [-0.05, 0) is 49.9 Å². The lowest BCUT2D eigenvalue weighted by molar-refractivity contribution is -0.124. The third kappa shape index (κ3) is 2.65. The van der Waals surface area contributed by atoms with Gasteiger partial charge in [0.25, 0.3) is 0 Å². The molecule has 2 aliphatic carbocycles. The molecule has 0 aromatic heterocycles. The summed E-state index contributed by atoms with van der Waals surface area (Å²) < 4.78 is 0. The molecular formula is C14H26N2O. The zero-order chi connectivity index (χ0) is 12.6. The molecule has 2 fully saturated rings. The molecule has 2 aliphatic rings. The molecule has 3 N–H and O–H groups in total. The molecule has 3 nitrogen and oxygen atoms in total. The fourth-order valence-electron chi connectivity index (χ4n) is 3.64. The van der Waals surface area contributed by atoms with Gasteiger partial charge in [0.05, 0.1) is 6.04 Å². The second kappa shape index (κ2) is 4.97. The van der Waals surface area contributed by atoms with Crippen molar-refractivity contribution in [1.82, 2.24) is 5.32 Å². The maximum Gasteiger partial charge on any atom is 0.237 e. The first-order valence-electron chi connectivity index (χ1n) is 7.05. The number of hydrogen-bond acceptors (Lipinski definition) is 2. The number of carbonyl (C=O) groups excluding carboxylic acids is 1. The van der Waals surface area contributed by atoms with Crippen LogP contribution in [0, 0.1) is 23.7 Å². The van der Waals surface area contributed by atoms with Gasteiger partial charge in [0.1, 0.15) is 0 Å². The first-order valence-corrected chi connectivity index (χ1v) is 7.05. The van der Waals surface area contributed by atoms with E-state index in [2.05, 4.69) is 12.2 Å². The largest absolute Gasteiger partial charge is 0.352 e. The molecule has 2 bridgehead atoms. The Balaban J connectivity index is 1.85. The Morgan fingerprint density at radius 2 is 1.94 bits per heavy atom. The minimum absolute atomic E-state index is 0.0234. The number of carbonyl (C=O) groups is 1. The van der Waals surface area contributed by atoms with Crippen molar-refractivity contribution >= 4 is 5.91 Å². The molecule has 98 valence electrons. The first kappa shape index (κ1) is 12.9. The van der Waals surface area contributed by atoms with E-state index >= 15 is 0 Å². The van der Waals surface area contributed by atoms with Crippen molar-refractivity contribution in [3.05, 3.63) is 0 Å². The van der Waals surface area contributed by atoms with Crippen LogP contribution in [0.1, 0.15) is 46.5 Å². The molecule has 3 heteroatoms. The van der Waals surface area contributed by atoms with Gasteiger partial charge < -0.3 is 11.1 Å². The van der Waals surface area contributed by atoms with Gasteiger partial charge in [-0.2, -0.15) is 0 Å².